The maximum atomic E-state index is 13.0. The highest BCUT2D eigenvalue weighted by Gasteiger charge is 2.24. The number of aryl methyl sites for hydroxylation is 1. The van der Waals surface area contributed by atoms with Gasteiger partial charge in [-0.3, -0.25) is 9.27 Å². The van der Waals surface area contributed by atoms with Gasteiger partial charge in [-0.05, 0) is 42.5 Å². The van der Waals surface area contributed by atoms with Crippen LogP contribution in [0, 0.1) is 6.92 Å². The van der Waals surface area contributed by atoms with Crippen molar-refractivity contribution in [1.82, 2.24) is 14.7 Å². The molecule has 4 aromatic rings. The molecule has 180 valence electrons. The van der Waals surface area contributed by atoms with Crippen molar-refractivity contribution in [1.29, 1.82) is 0 Å². The maximum absolute atomic E-state index is 13.0. The minimum Gasteiger partial charge on any atom is -0.269 e. The molecule has 3 aromatic heterocycles. The molecule has 1 aromatic carbocycles. The van der Waals surface area contributed by atoms with E-state index in [1.54, 1.807) is 28.8 Å². The third-order valence-corrected chi connectivity index (χ3v) is 9.11. The van der Waals surface area contributed by atoms with Crippen molar-refractivity contribution in [2.75, 3.05) is 4.72 Å². The Morgan fingerprint density at radius 2 is 1.76 bits per heavy atom. The maximum Gasteiger partial charge on any atom is 0.357 e. The Kier molecular flexibility index (Phi) is 7.47. The number of sulfonamides is 1. The lowest BCUT2D eigenvalue weighted by atomic mass is 10.0. The van der Waals surface area contributed by atoms with E-state index in [1.807, 2.05) is 34.5 Å². The second kappa shape index (κ2) is 10.2. The summed E-state index contributed by atoms with van der Waals surface area (Å²) in [5.74, 6) is -0.243. The lowest BCUT2D eigenvalue weighted by Crippen LogP contribution is -2.31. The van der Waals surface area contributed by atoms with Gasteiger partial charge in [-0.25, -0.2) is 23.1 Å². The Morgan fingerprint density at radius 3 is 2.38 bits per heavy atom. The van der Waals surface area contributed by atoms with Crippen molar-refractivity contribution in [3.05, 3.63) is 74.5 Å². The summed E-state index contributed by atoms with van der Waals surface area (Å²) in [5.41, 5.74) is 2.01. The van der Waals surface area contributed by atoms with Crippen molar-refractivity contribution >= 4 is 60.0 Å². The van der Waals surface area contributed by atoms with Crippen LogP contribution in [0.4, 0.5) is 5.69 Å². The molecular formula is C20H20N4O5S5. The van der Waals surface area contributed by atoms with Gasteiger partial charge in [0, 0.05) is 10.8 Å². The number of thiophene rings is 1. The van der Waals surface area contributed by atoms with Gasteiger partial charge in [0.15, 0.2) is 0 Å². The molecule has 4 rings (SSSR count). The summed E-state index contributed by atoms with van der Waals surface area (Å²) in [7, 11) is -8.11. The van der Waals surface area contributed by atoms with Crippen LogP contribution in [-0.2, 0) is 32.5 Å². The Labute approximate surface area is 209 Å². The average Bonchev–Trinajstić information content (AvgIpc) is 3.49. The zero-order valence-corrected chi connectivity index (χ0v) is 21.8. The molecule has 14 heteroatoms. The van der Waals surface area contributed by atoms with Crippen LogP contribution in [0.5, 0.6) is 0 Å². The molecule has 3 N–H and O–H groups in total. The molecule has 0 amide bonds. The van der Waals surface area contributed by atoms with Gasteiger partial charge in [0.25, 0.3) is 0 Å². The van der Waals surface area contributed by atoms with Crippen LogP contribution in [0.15, 0.2) is 52.5 Å². The number of benzene rings is 1. The molecule has 0 saturated heterocycles. The molecule has 3 heterocycles. The van der Waals surface area contributed by atoms with Crippen molar-refractivity contribution in [3.8, 4) is 9.88 Å². The molecule has 0 aliphatic rings. The summed E-state index contributed by atoms with van der Waals surface area (Å²) < 4.78 is 61.6. The van der Waals surface area contributed by atoms with Crippen LogP contribution in [0.2, 0.25) is 0 Å². The van der Waals surface area contributed by atoms with E-state index in [2.05, 4.69) is 14.7 Å². The molecule has 0 bridgehead atoms. The summed E-state index contributed by atoms with van der Waals surface area (Å²) in [6, 6.07) is 9.54. The molecule has 0 saturated carbocycles. The zero-order chi connectivity index (χ0) is 24.3. The van der Waals surface area contributed by atoms with Gasteiger partial charge in [-0.15, -0.1) is 34.0 Å². The highest BCUT2D eigenvalue weighted by Crippen LogP contribution is 2.31. The number of thiazole rings is 2. The molecule has 1 atom stereocenters. The first-order valence-electron chi connectivity index (χ1n) is 9.81. The van der Waals surface area contributed by atoms with Crippen LogP contribution in [0.3, 0.4) is 0 Å². The van der Waals surface area contributed by atoms with Crippen LogP contribution in [-0.4, -0.2) is 31.4 Å². The fourth-order valence-corrected chi connectivity index (χ4v) is 7.29. The summed E-state index contributed by atoms with van der Waals surface area (Å²) in [6.07, 6.45) is 0.287. The van der Waals surface area contributed by atoms with Crippen LogP contribution >= 0.6 is 34.0 Å². The molecule has 0 fully saturated rings. The molecule has 0 aliphatic carbocycles. The van der Waals surface area contributed by atoms with E-state index < -0.39 is 26.4 Å². The van der Waals surface area contributed by atoms with Crippen molar-refractivity contribution in [2.24, 2.45) is 0 Å². The van der Waals surface area contributed by atoms with Gasteiger partial charge in [0.2, 0.25) is 10.0 Å². The summed E-state index contributed by atoms with van der Waals surface area (Å²) in [4.78, 5) is 9.92. The van der Waals surface area contributed by atoms with E-state index in [0.29, 0.717) is 11.4 Å². The smallest absolute Gasteiger partial charge is 0.269 e. The topological polar surface area (TPSA) is 138 Å². The van der Waals surface area contributed by atoms with Gasteiger partial charge in [0.1, 0.15) is 10.8 Å². The number of rotatable bonds is 10. The third-order valence-electron chi connectivity index (χ3n) is 4.58. The van der Waals surface area contributed by atoms with Gasteiger partial charge >= 0.3 is 10.3 Å². The highest BCUT2D eigenvalue weighted by atomic mass is 32.2. The van der Waals surface area contributed by atoms with E-state index in [0.717, 1.165) is 20.5 Å². The van der Waals surface area contributed by atoms with Gasteiger partial charge in [0.05, 0.1) is 33.0 Å². The van der Waals surface area contributed by atoms with E-state index in [4.69, 9.17) is 4.55 Å². The summed E-state index contributed by atoms with van der Waals surface area (Å²) in [6.45, 7) is 1.82. The number of aromatic nitrogens is 2. The average molecular weight is 557 g/mol. The largest absolute Gasteiger partial charge is 0.357 e. The predicted octanol–water partition coefficient (Wildman–Crippen LogP) is 4.25. The van der Waals surface area contributed by atoms with Gasteiger partial charge in [-0.1, -0.05) is 18.2 Å². The Hall–Kier alpha value is -2.20. The van der Waals surface area contributed by atoms with Crippen LogP contribution < -0.4 is 9.44 Å². The second-order valence-electron chi connectivity index (χ2n) is 7.32. The standard InChI is InChI=1S/C20H20N4O5S5/c1-13-21-16(10-31-13)12-33(25,26)24-17(18-11-32-20(22-18)19-3-2-8-30-19)9-14-4-6-15(7-5-14)23-34(27,28)29/h2-8,10-11,17,23-24H,9,12H2,1H3,(H,27,28,29)/t17-/m0/s1. The molecule has 0 aliphatic heterocycles. The van der Waals surface area contributed by atoms with E-state index in [-0.39, 0.29) is 17.9 Å². The number of hydrogen-bond acceptors (Lipinski definition) is 9. The number of hydrogen-bond donors (Lipinski definition) is 3. The minimum absolute atomic E-state index is 0.191. The lowest BCUT2D eigenvalue weighted by Gasteiger charge is -2.17. The van der Waals surface area contributed by atoms with E-state index in [9.17, 15) is 16.8 Å². The first-order chi connectivity index (χ1) is 16.1. The molecule has 0 unspecified atom stereocenters. The first kappa shape index (κ1) is 24.9. The second-order valence-corrected chi connectivity index (χ2v) is 13.1. The van der Waals surface area contributed by atoms with Crippen molar-refractivity contribution < 1.29 is 21.4 Å². The number of anilines is 1. The molecular weight excluding hydrogens is 537 g/mol. The summed E-state index contributed by atoms with van der Waals surface area (Å²) >= 11 is 4.38. The minimum atomic E-state index is -4.38. The SMILES string of the molecule is Cc1nc(CS(=O)(=O)N[C@@H](Cc2ccc(NS(=O)(=O)O)cc2)c2csc(-c3cccs3)n2)cs1. The van der Waals surface area contributed by atoms with Gasteiger partial charge in [-0.2, -0.15) is 8.42 Å². The molecule has 0 radical (unpaired) electrons. The Balaban J connectivity index is 1.58. The van der Waals surface area contributed by atoms with Crippen LogP contribution in [0.25, 0.3) is 9.88 Å². The van der Waals surface area contributed by atoms with Crippen molar-refractivity contribution in [2.45, 2.75) is 25.1 Å². The fourth-order valence-electron chi connectivity index (χ4n) is 3.19. The predicted molar refractivity (Wildman–Crippen MR) is 136 cm³/mol. The normalized spacial score (nSPS) is 13.1. The van der Waals surface area contributed by atoms with Crippen molar-refractivity contribution in [3.63, 3.8) is 0 Å². The monoisotopic (exact) mass is 556 g/mol. The Morgan fingerprint density at radius 1 is 1.00 bits per heavy atom. The summed E-state index contributed by atoms with van der Waals surface area (Å²) in [5, 5.41) is 7.11. The number of nitrogens with one attached hydrogen (secondary N) is 2. The zero-order valence-electron chi connectivity index (χ0n) is 17.7. The first-order valence-corrected chi connectivity index (χ1v) is 15.5. The fraction of sp³-hybridized carbons (Fsp3) is 0.200. The molecule has 0 spiro atoms. The Bertz CT molecular complexity index is 1460. The highest BCUT2D eigenvalue weighted by molar-refractivity contribution is 7.88. The van der Waals surface area contributed by atoms with Crippen LogP contribution in [0.1, 0.15) is 28.0 Å². The van der Waals surface area contributed by atoms with Gasteiger partial charge < -0.3 is 0 Å². The van der Waals surface area contributed by atoms with E-state index >= 15 is 0 Å². The molecule has 9 nitrogen and oxygen atoms in total. The number of nitrogens with zero attached hydrogens (tertiary/aromatic N) is 2. The lowest BCUT2D eigenvalue weighted by molar-refractivity contribution is 0.489. The molecule has 34 heavy (non-hydrogen) atoms. The quantitative estimate of drug-likeness (QED) is 0.248. The third kappa shape index (κ3) is 6.91. The van der Waals surface area contributed by atoms with E-state index in [1.165, 1.54) is 34.8 Å².